The fourth-order valence-corrected chi connectivity index (χ4v) is 2.61. The average Bonchev–Trinajstić information content (AvgIpc) is 3.26. The lowest BCUT2D eigenvalue weighted by Crippen LogP contribution is -2.43. The number of unbranched alkanes of at least 4 members (excludes halogenated alkanes) is 1. The van der Waals surface area contributed by atoms with Crippen molar-refractivity contribution in [3.63, 3.8) is 0 Å². The number of hydrogen-bond acceptors (Lipinski definition) is 4. The Hall–Kier alpha value is -0.810. The van der Waals surface area contributed by atoms with E-state index in [2.05, 4.69) is 12.2 Å². The molecule has 5 nitrogen and oxygen atoms in total. The first-order valence-corrected chi connectivity index (χ1v) is 8.96. The molecule has 0 radical (unpaired) electrons. The lowest BCUT2D eigenvalue weighted by atomic mass is 9.80. The van der Waals surface area contributed by atoms with Crippen LogP contribution in [0.1, 0.15) is 66.2 Å². The molecule has 1 unspecified atom stereocenters. The van der Waals surface area contributed by atoms with E-state index in [0.29, 0.717) is 19.1 Å². The molecular weight excluding hydrogens is 294 g/mol. The number of carbonyl (C=O) groups is 1. The Balaban J connectivity index is 2.47. The standard InChI is InChI=1S/C18H35NO4/c1-5-6-10-22-11-9-18(14-20,12-15-7-8-15)13-19-16(21)23-17(2,3)4/h15,20H,5-14H2,1-4H3,(H,19,21). The zero-order chi connectivity index (χ0) is 17.3. The summed E-state index contributed by atoms with van der Waals surface area (Å²) in [6.07, 6.45) is 5.92. The molecule has 1 aliphatic rings. The topological polar surface area (TPSA) is 67.8 Å². The number of rotatable bonds is 11. The second-order valence-electron chi connectivity index (χ2n) is 7.88. The molecule has 5 heteroatoms. The van der Waals surface area contributed by atoms with Gasteiger partial charge in [0.25, 0.3) is 0 Å². The third kappa shape index (κ3) is 9.16. The van der Waals surface area contributed by atoms with Gasteiger partial charge in [0.1, 0.15) is 5.60 Å². The Morgan fingerprint density at radius 2 is 1.96 bits per heavy atom. The minimum atomic E-state index is -0.508. The van der Waals surface area contributed by atoms with Crippen LogP contribution in [0.5, 0.6) is 0 Å². The van der Waals surface area contributed by atoms with Crippen LogP contribution in [0.3, 0.4) is 0 Å². The van der Waals surface area contributed by atoms with E-state index < -0.39 is 11.7 Å². The number of ether oxygens (including phenoxy) is 2. The molecule has 0 bridgehead atoms. The summed E-state index contributed by atoms with van der Waals surface area (Å²) >= 11 is 0. The number of alkyl carbamates (subject to hydrolysis) is 1. The zero-order valence-electron chi connectivity index (χ0n) is 15.3. The lowest BCUT2D eigenvalue weighted by molar-refractivity contribution is 0.0315. The van der Waals surface area contributed by atoms with E-state index in [4.69, 9.17) is 9.47 Å². The fourth-order valence-electron chi connectivity index (χ4n) is 2.61. The zero-order valence-corrected chi connectivity index (χ0v) is 15.3. The van der Waals surface area contributed by atoms with E-state index in [0.717, 1.165) is 32.3 Å². The minimum Gasteiger partial charge on any atom is -0.444 e. The molecule has 0 saturated heterocycles. The van der Waals surface area contributed by atoms with Gasteiger partial charge in [-0.2, -0.15) is 0 Å². The highest BCUT2D eigenvalue weighted by Gasteiger charge is 2.37. The summed E-state index contributed by atoms with van der Waals surface area (Å²) in [5.41, 5.74) is -0.810. The lowest BCUT2D eigenvalue weighted by Gasteiger charge is -2.33. The van der Waals surface area contributed by atoms with Crippen LogP contribution in [-0.4, -0.2) is 43.2 Å². The predicted octanol–water partition coefficient (Wildman–Crippen LogP) is 3.50. The van der Waals surface area contributed by atoms with Crippen molar-refractivity contribution in [2.45, 2.75) is 71.8 Å². The number of aliphatic hydroxyl groups is 1. The van der Waals surface area contributed by atoms with Crippen molar-refractivity contribution in [3.8, 4) is 0 Å². The Morgan fingerprint density at radius 3 is 2.48 bits per heavy atom. The van der Waals surface area contributed by atoms with Gasteiger partial charge in [-0.15, -0.1) is 0 Å². The first-order valence-electron chi connectivity index (χ1n) is 8.96. The molecule has 0 aromatic rings. The first kappa shape index (κ1) is 20.2. The maximum absolute atomic E-state index is 11.9. The Labute approximate surface area is 141 Å². The van der Waals surface area contributed by atoms with Gasteiger partial charge in [-0.3, -0.25) is 0 Å². The largest absolute Gasteiger partial charge is 0.444 e. The smallest absolute Gasteiger partial charge is 0.407 e. The Morgan fingerprint density at radius 1 is 1.26 bits per heavy atom. The SMILES string of the molecule is CCCCOCCC(CO)(CNC(=O)OC(C)(C)C)CC1CC1. The fraction of sp³-hybridized carbons (Fsp3) is 0.944. The molecule has 1 aliphatic carbocycles. The van der Waals surface area contributed by atoms with Crippen molar-refractivity contribution in [3.05, 3.63) is 0 Å². The highest BCUT2D eigenvalue weighted by Crippen LogP contribution is 2.41. The summed E-state index contributed by atoms with van der Waals surface area (Å²) in [7, 11) is 0. The van der Waals surface area contributed by atoms with Crippen LogP contribution in [0, 0.1) is 11.3 Å². The van der Waals surface area contributed by atoms with Crippen molar-refractivity contribution in [2.24, 2.45) is 11.3 Å². The maximum Gasteiger partial charge on any atom is 0.407 e. The normalized spacial score (nSPS) is 17.6. The average molecular weight is 329 g/mol. The van der Waals surface area contributed by atoms with E-state index in [1.54, 1.807) is 0 Å². The Bertz CT molecular complexity index is 349. The van der Waals surface area contributed by atoms with Gasteiger partial charge in [0.15, 0.2) is 0 Å². The van der Waals surface area contributed by atoms with Crippen molar-refractivity contribution >= 4 is 6.09 Å². The van der Waals surface area contributed by atoms with Crippen molar-refractivity contribution in [1.82, 2.24) is 5.32 Å². The van der Waals surface area contributed by atoms with Gasteiger partial charge >= 0.3 is 6.09 Å². The first-order chi connectivity index (χ1) is 10.8. The number of carbonyl (C=O) groups excluding carboxylic acids is 1. The molecule has 1 atom stereocenters. The van der Waals surface area contributed by atoms with Crippen molar-refractivity contribution in [2.75, 3.05) is 26.4 Å². The highest BCUT2D eigenvalue weighted by molar-refractivity contribution is 5.67. The molecule has 136 valence electrons. The summed E-state index contributed by atoms with van der Waals surface area (Å²) < 4.78 is 11.0. The summed E-state index contributed by atoms with van der Waals surface area (Å²) in [6, 6.07) is 0. The maximum atomic E-state index is 11.9. The number of hydrogen-bond donors (Lipinski definition) is 2. The molecular formula is C18H35NO4. The molecule has 1 rings (SSSR count). The van der Waals surface area contributed by atoms with Gasteiger partial charge in [0.05, 0.1) is 6.61 Å². The van der Waals surface area contributed by atoms with Gasteiger partial charge in [-0.25, -0.2) is 4.79 Å². The van der Waals surface area contributed by atoms with Crippen molar-refractivity contribution < 1.29 is 19.4 Å². The predicted molar refractivity (Wildman–Crippen MR) is 91.4 cm³/mol. The minimum absolute atomic E-state index is 0.0659. The molecule has 2 N–H and O–H groups in total. The third-order valence-corrected chi connectivity index (χ3v) is 4.18. The number of amides is 1. The van der Waals surface area contributed by atoms with Crippen LogP contribution < -0.4 is 5.32 Å². The molecule has 1 saturated carbocycles. The van der Waals surface area contributed by atoms with Gasteiger partial charge in [-0.05, 0) is 46.0 Å². The van der Waals surface area contributed by atoms with E-state index in [1.807, 2.05) is 20.8 Å². The van der Waals surface area contributed by atoms with Gasteiger partial charge in [-0.1, -0.05) is 26.2 Å². The highest BCUT2D eigenvalue weighted by atomic mass is 16.6. The molecule has 0 aliphatic heterocycles. The van der Waals surface area contributed by atoms with E-state index >= 15 is 0 Å². The molecule has 0 aromatic carbocycles. The van der Waals surface area contributed by atoms with Crippen LogP contribution in [0.4, 0.5) is 4.79 Å². The molecule has 1 fully saturated rings. The molecule has 0 spiro atoms. The third-order valence-electron chi connectivity index (χ3n) is 4.18. The summed E-state index contributed by atoms with van der Waals surface area (Å²) in [4.78, 5) is 11.9. The second-order valence-corrected chi connectivity index (χ2v) is 7.88. The summed E-state index contributed by atoms with van der Waals surface area (Å²) in [5, 5.41) is 12.8. The van der Waals surface area contributed by atoms with Crippen LogP contribution in [-0.2, 0) is 9.47 Å². The quantitative estimate of drug-likeness (QED) is 0.569. The number of aliphatic hydroxyl groups excluding tert-OH is 1. The van der Waals surface area contributed by atoms with Crippen LogP contribution in [0.15, 0.2) is 0 Å². The van der Waals surface area contributed by atoms with Crippen LogP contribution >= 0.6 is 0 Å². The molecule has 0 heterocycles. The van der Waals surface area contributed by atoms with Gasteiger partial charge < -0.3 is 19.9 Å². The Kier molecular flexibility index (Phi) is 8.34. The van der Waals surface area contributed by atoms with Gasteiger partial charge in [0.2, 0.25) is 0 Å². The van der Waals surface area contributed by atoms with Gasteiger partial charge in [0, 0.05) is 25.2 Å². The van der Waals surface area contributed by atoms with E-state index in [9.17, 15) is 9.90 Å². The monoisotopic (exact) mass is 329 g/mol. The summed E-state index contributed by atoms with van der Waals surface area (Å²) in [6.45, 7) is 9.57. The van der Waals surface area contributed by atoms with Crippen molar-refractivity contribution in [1.29, 1.82) is 0 Å². The molecule has 23 heavy (non-hydrogen) atoms. The van der Waals surface area contributed by atoms with E-state index in [-0.39, 0.29) is 12.0 Å². The van der Waals surface area contributed by atoms with Crippen LogP contribution in [0.2, 0.25) is 0 Å². The molecule has 0 aromatic heterocycles. The van der Waals surface area contributed by atoms with Crippen LogP contribution in [0.25, 0.3) is 0 Å². The summed E-state index contributed by atoms with van der Waals surface area (Å²) in [5.74, 6) is 0.679. The second kappa shape index (κ2) is 9.48. The van der Waals surface area contributed by atoms with E-state index in [1.165, 1.54) is 12.8 Å². The molecule has 1 amide bonds. The number of nitrogens with one attached hydrogen (secondary N) is 1.